The number of likely N-dealkylation sites (N-methyl/N-ethyl adjacent to an activating group) is 1. The number of hydrogen-bond donors (Lipinski definition) is 0. The average Bonchev–Trinajstić information content (AvgIpc) is 2.69. The second-order valence-electron chi connectivity index (χ2n) is 5.70. The lowest BCUT2D eigenvalue weighted by Gasteiger charge is -2.27. The van der Waals surface area contributed by atoms with Gasteiger partial charge >= 0.3 is 0 Å². The second kappa shape index (κ2) is 7.16. The summed E-state index contributed by atoms with van der Waals surface area (Å²) in [6.45, 7) is 1.42. The smallest absolute Gasteiger partial charge is 0.138 e. The van der Waals surface area contributed by atoms with Crippen LogP contribution in [0.25, 0.3) is 6.08 Å². The zero-order chi connectivity index (χ0) is 16.2. The van der Waals surface area contributed by atoms with E-state index in [1.807, 2.05) is 0 Å². The summed E-state index contributed by atoms with van der Waals surface area (Å²) in [5.41, 5.74) is 2.55. The fourth-order valence-corrected chi connectivity index (χ4v) is 3.15. The molecule has 23 heavy (non-hydrogen) atoms. The summed E-state index contributed by atoms with van der Waals surface area (Å²) in [5.74, 6) is 0.168. The maximum absolute atomic E-state index is 13.1. The largest absolute Gasteiger partial charge is 0.492 e. The SMILES string of the molecule is CN1CC=Cc2ccccc2C1CCOc1ccc(F)cc1Cl. The van der Waals surface area contributed by atoms with Crippen LogP contribution in [0.1, 0.15) is 23.6 Å². The molecule has 3 rings (SSSR count). The minimum atomic E-state index is -0.356. The molecule has 120 valence electrons. The van der Waals surface area contributed by atoms with Gasteiger partial charge in [-0.15, -0.1) is 0 Å². The molecule has 2 nitrogen and oxygen atoms in total. The van der Waals surface area contributed by atoms with Gasteiger partial charge in [-0.1, -0.05) is 48.0 Å². The van der Waals surface area contributed by atoms with Crippen LogP contribution >= 0.6 is 11.6 Å². The Bertz CT molecular complexity index is 716. The number of fused-ring (bicyclic) bond motifs is 1. The molecule has 1 unspecified atom stereocenters. The van der Waals surface area contributed by atoms with Crippen LogP contribution in [-0.4, -0.2) is 25.1 Å². The summed E-state index contributed by atoms with van der Waals surface area (Å²) in [4.78, 5) is 2.30. The molecule has 0 fully saturated rings. The molecular weight excluding hydrogens is 313 g/mol. The number of hydrogen-bond acceptors (Lipinski definition) is 2. The summed E-state index contributed by atoms with van der Waals surface area (Å²) in [5, 5.41) is 0.307. The third-order valence-electron chi connectivity index (χ3n) is 4.12. The van der Waals surface area contributed by atoms with Gasteiger partial charge in [-0.25, -0.2) is 4.39 Å². The fraction of sp³-hybridized carbons (Fsp3) is 0.263. The van der Waals surface area contributed by atoms with Gasteiger partial charge < -0.3 is 4.74 Å². The number of benzene rings is 2. The zero-order valence-corrected chi connectivity index (χ0v) is 13.8. The lowest BCUT2D eigenvalue weighted by molar-refractivity contribution is 0.210. The Balaban J connectivity index is 1.70. The van der Waals surface area contributed by atoms with Crippen molar-refractivity contribution in [1.82, 2.24) is 4.90 Å². The molecule has 0 aliphatic carbocycles. The molecule has 1 heterocycles. The third-order valence-corrected chi connectivity index (χ3v) is 4.42. The molecule has 0 amide bonds. The molecule has 0 saturated heterocycles. The van der Waals surface area contributed by atoms with Crippen molar-refractivity contribution in [1.29, 1.82) is 0 Å². The maximum Gasteiger partial charge on any atom is 0.138 e. The molecule has 1 atom stereocenters. The molecular formula is C19H19ClFNO. The molecule has 0 spiro atoms. The van der Waals surface area contributed by atoms with Gasteiger partial charge in [0.2, 0.25) is 0 Å². The van der Waals surface area contributed by atoms with Crippen molar-refractivity contribution in [3.8, 4) is 5.75 Å². The van der Waals surface area contributed by atoms with Crippen LogP contribution in [0.3, 0.4) is 0 Å². The second-order valence-corrected chi connectivity index (χ2v) is 6.11. The van der Waals surface area contributed by atoms with E-state index in [1.165, 1.54) is 23.3 Å². The van der Waals surface area contributed by atoms with Gasteiger partial charge in [-0.2, -0.15) is 0 Å². The monoisotopic (exact) mass is 331 g/mol. The van der Waals surface area contributed by atoms with Crippen LogP contribution in [0.4, 0.5) is 4.39 Å². The van der Waals surface area contributed by atoms with E-state index in [9.17, 15) is 4.39 Å². The Kier molecular flexibility index (Phi) is 4.99. The first-order chi connectivity index (χ1) is 11.1. The molecule has 0 saturated carbocycles. The molecule has 0 bridgehead atoms. The zero-order valence-electron chi connectivity index (χ0n) is 13.0. The van der Waals surface area contributed by atoms with E-state index in [0.717, 1.165) is 13.0 Å². The molecule has 0 N–H and O–H groups in total. The minimum Gasteiger partial charge on any atom is -0.492 e. The average molecular weight is 332 g/mol. The molecule has 2 aromatic rings. The predicted octanol–water partition coefficient (Wildman–Crippen LogP) is 4.95. The summed E-state index contributed by atoms with van der Waals surface area (Å²) in [7, 11) is 2.11. The summed E-state index contributed by atoms with van der Waals surface area (Å²) in [6, 6.07) is 12.9. The normalized spacial score (nSPS) is 17.6. The van der Waals surface area contributed by atoms with E-state index in [-0.39, 0.29) is 11.9 Å². The first-order valence-corrected chi connectivity index (χ1v) is 8.06. The standard InChI is InChI=1S/C19H19ClFNO/c1-22-11-4-6-14-5-2-3-7-16(14)18(22)10-12-23-19-9-8-15(21)13-17(19)20/h2-9,13,18H,10-12H2,1H3. The van der Waals surface area contributed by atoms with Crippen LogP contribution in [-0.2, 0) is 0 Å². The van der Waals surface area contributed by atoms with E-state index in [2.05, 4.69) is 48.4 Å². The van der Waals surface area contributed by atoms with Crippen LogP contribution in [0.15, 0.2) is 48.5 Å². The van der Waals surface area contributed by atoms with Crippen LogP contribution < -0.4 is 4.74 Å². The van der Waals surface area contributed by atoms with E-state index in [1.54, 1.807) is 6.07 Å². The van der Waals surface area contributed by atoms with E-state index < -0.39 is 0 Å². The van der Waals surface area contributed by atoms with Crippen LogP contribution in [0, 0.1) is 5.82 Å². The summed E-state index contributed by atoms with van der Waals surface area (Å²) < 4.78 is 18.8. The van der Waals surface area contributed by atoms with Crippen molar-refractivity contribution in [3.05, 3.63) is 70.5 Å². The lowest BCUT2D eigenvalue weighted by atomic mass is 9.98. The quantitative estimate of drug-likeness (QED) is 0.786. The lowest BCUT2D eigenvalue weighted by Crippen LogP contribution is -2.25. The van der Waals surface area contributed by atoms with Crippen LogP contribution in [0.2, 0.25) is 5.02 Å². The van der Waals surface area contributed by atoms with Gasteiger partial charge in [0, 0.05) is 19.0 Å². The van der Waals surface area contributed by atoms with Crippen molar-refractivity contribution in [2.45, 2.75) is 12.5 Å². The first-order valence-electron chi connectivity index (χ1n) is 7.68. The van der Waals surface area contributed by atoms with Gasteiger partial charge in [0.15, 0.2) is 0 Å². The van der Waals surface area contributed by atoms with Crippen molar-refractivity contribution >= 4 is 17.7 Å². The van der Waals surface area contributed by atoms with E-state index in [4.69, 9.17) is 16.3 Å². The van der Waals surface area contributed by atoms with Gasteiger partial charge in [0.25, 0.3) is 0 Å². The topological polar surface area (TPSA) is 12.5 Å². The minimum absolute atomic E-state index is 0.278. The number of halogens is 2. The Labute approximate surface area is 141 Å². The van der Waals surface area contributed by atoms with Crippen molar-refractivity contribution in [2.75, 3.05) is 20.2 Å². The molecule has 4 heteroatoms. The molecule has 1 aliphatic rings. The van der Waals surface area contributed by atoms with Gasteiger partial charge in [-0.05, 0) is 36.4 Å². The number of ether oxygens (including phenoxy) is 1. The molecule has 2 aromatic carbocycles. The molecule has 0 radical (unpaired) electrons. The van der Waals surface area contributed by atoms with Crippen LogP contribution in [0.5, 0.6) is 5.75 Å². The Morgan fingerprint density at radius 2 is 2.09 bits per heavy atom. The van der Waals surface area contributed by atoms with Gasteiger partial charge in [-0.3, -0.25) is 4.90 Å². The summed E-state index contributed by atoms with van der Waals surface area (Å²) >= 11 is 6.00. The van der Waals surface area contributed by atoms with Gasteiger partial charge in [0.1, 0.15) is 11.6 Å². The van der Waals surface area contributed by atoms with E-state index >= 15 is 0 Å². The van der Waals surface area contributed by atoms with Crippen molar-refractivity contribution in [2.24, 2.45) is 0 Å². The Morgan fingerprint density at radius 3 is 2.91 bits per heavy atom. The number of rotatable bonds is 4. The van der Waals surface area contributed by atoms with Gasteiger partial charge in [0.05, 0.1) is 11.6 Å². The van der Waals surface area contributed by atoms with E-state index in [0.29, 0.717) is 17.4 Å². The molecule has 0 aromatic heterocycles. The first kappa shape index (κ1) is 16.0. The molecule has 1 aliphatic heterocycles. The highest BCUT2D eigenvalue weighted by Crippen LogP contribution is 2.30. The predicted molar refractivity (Wildman–Crippen MR) is 92.4 cm³/mol. The highest BCUT2D eigenvalue weighted by Gasteiger charge is 2.20. The third kappa shape index (κ3) is 3.74. The Morgan fingerprint density at radius 1 is 1.26 bits per heavy atom. The highest BCUT2D eigenvalue weighted by molar-refractivity contribution is 6.32. The Hall–Kier alpha value is -1.84. The van der Waals surface area contributed by atoms with Crippen molar-refractivity contribution < 1.29 is 9.13 Å². The van der Waals surface area contributed by atoms with Crippen molar-refractivity contribution in [3.63, 3.8) is 0 Å². The number of nitrogens with zero attached hydrogens (tertiary/aromatic N) is 1. The highest BCUT2D eigenvalue weighted by atomic mass is 35.5. The fourth-order valence-electron chi connectivity index (χ4n) is 2.93. The maximum atomic E-state index is 13.1. The summed E-state index contributed by atoms with van der Waals surface area (Å²) in [6.07, 6.45) is 5.18.